The van der Waals surface area contributed by atoms with Crippen molar-refractivity contribution in [3.63, 3.8) is 0 Å². The van der Waals surface area contributed by atoms with Crippen molar-refractivity contribution in [1.82, 2.24) is 0 Å². The van der Waals surface area contributed by atoms with Crippen LogP contribution in [0, 0.1) is 11.6 Å². The first-order valence-corrected chi connectivity index (χ1v) is 4.97. The van der Waals surface area contributed by atoms with Crippen LogP contribution in [0.3, 0.4) is 0 Å². The Morgan fingerprint density at radius 2 is 2.13 bits per heavy atom. The Bertz CT molecular complexity index is 354. The van der Waals surface area contributed by atoms with Gasteiger partial charge in [0.25, 0.3) is 0 Å². The minimum Gasteiger partial charge on any atom is -0.378 e. The second-order valence-corrected chi connectivity index (χ2v) is 3.61. The van der Waals surface area contributed by atoms with Gasteiger partial charge in [-0.3, -0.25) is 0 Å². The van der Waals surface area contributed by atoms with Crippen LogP contribution in [0.2, 0.25) is 5.02 Å². The Morgan fingerprint density at radius 1 is 1.47 bits per heavy atom. The van der Waals surface area contributed by atoms with Crippen LogP contribution < -0.4 is 5.32 Å². The molecule has 0 saturated carbocycles. The van der Waals surface area contributed by atoms with Gasteiger partial charge in [0.1, 0.15) is 5.82 Å². The van der Waals surface area contributed by atoms with Gasteiger partial charge < -0.3 is 5.32 Å². The number of hydrogen-bond acceptors (Lipinski definition) is 1. The molecule has 0 aliphatic rings. The highest BCUT2D eigenvalue weighted by atomic mass is 35.5. The molecule has 1 rings (SSSR count). The Hall–Kier alpha value is -1.09. The van der Waals surface area contributed by atoms with Crippen molar-refractivity contribution in [3.8, 4) is 0 Å². The zero-order chi connectivity index (χ0) is 11.4. The SMILES string of the molecule is C=C(CC)CNc1c(F)cc(F)cc1Cl. The third kappa shape index (κ3) is 3.20. The summed E-state index contributed by atoms with van der Waals surface area (Å²) >= 11 is 5.69. The molecule has 0 saturated heterocycles. The molecule has 1 N–H and O–H groups in total. The zero-order valence-electron chi connectivity index (χ0n) is 8.41. The van der Waals surface area contributed by atoms with Crippen LogP contribution >= 0.6 is 11.6 Å². The van der Waals surface area contributed by atoms with Gasteiger partial charge in [-0.2, -0.15) is 0 Å². The van der Waals surface area contributed by atoms with E-state index in [0.717, 1.165) is 24.1 Å². The molecule has 0 aliphatic heterocycles. The van der Waals surface area contributed by atoms with E-state index in [2.05, 4.69) is 11.9 Å². The topological polar surface area (TPSA) is 12.0 Å². The summed E-state index contributed by atoms with van der Waals surface area (Å²) in [5.41, 5.74) is 1.04. The molecule has 4 heteroatoms. The number of halogens is 3. The maximum atomic E-state index is 13.2. The van der Waals surface area contributed by atoms with Crippen molar-refractivity contribution in [3.05, 3.63) is 40.9 Å². The lowest BCUT2D eigenvalue weighted by atomic mass is 10.2. The summed E-state index contributed by atoms with van der Waals surface area (Å²) in [6, 6.07) is 1.87. The summed E-state index contributed by atoms with van der Waals surface area (Å²) in [6.07, 6.45) is 0.799. The Kier molecular flexibility index (Phi) is 4.09. The largest absolute Gasteiger partial charge is 0.378 e. The summed E-state index contributed by atoms with van der Waals surface area (Å²) in [4.78, 5) is 0. The second-order valence-electron chi connectivity index (χ2n) is 3.20. The van der Waals surface area contributed by atoms with Gasteiger partial charge in [0.15, 0.2) is 5.82 Å². The second kappa shape index (κ2) is 5.12. The standard InChI is InChI=1S/C11H12ClF2N/c1-3-7(2)6-15-11-9(12)4-8(13)5-10(11)14/h4-5,15H,2-3,6H2,1H3. The molecule has 0 atom stereocenters. The fraction of sp³-hybridized carbons (Fsp3) is 0.273. The third-order valence-electron chi connectivity index (χ3n) is 2.02. The van der Waals surface area contributed by atoms with E-state index in [0.29, 0.717) is 6.54 Å². The predicted octanol–water partition coefficient (Wildman–Crippen LogP) is 4.00. The Balaban J connectivity index is 2.81. The predicted molar refractivity (Wildman–Crippen MR) is 59.3 cm³/mol. The van der Waals surface area contributed by atoms with E-state index in [1.165, 1.54) is 0 Å². The van der Waals surface area contributed by atoms with E-state index < -0.39 is 11.6 Å². The maximum absolute atomic E-state index is 13.2. The number of anilines is 1. The molecule has 0 heterocycles. The summed E-state index contributed by atoms with van der Waals surface area (Å²) < 4.78 is 26.0. The van der Waals surface area contributed by atoms with E-state index in [1.807, 2.05) is 6.92 Å². The first-order valence-electron chi connectivity index (χ1n) is 4.59. The van der Waals surface area contributed by atoms with Crippen LogP contribution in [-0.2, 0) is 0 Å². The van der Waals surface area contributed by atoms with Crippen molar-refractivity contribution >= 4 is 17.3 Å². The van der Waals surface area contributed by atoms with Crippen molar-refractivity contribution in [2.24, 2.45) is 0 Å². The molecule has 1 aromatic carbocycles. The smallest absolute Gasteiger partial charge is 0.150 e. The molecule has 0 radical (unpaired) electrons. The van der Waals surface area contributed by atoms with Crippen LogP contribution in [0.15, 0.2) is 24.3 Å². The molecule has 15 heavy (non-hydrogen) atoms. The highest BCUT2D eigenvalue weighted by molar-refractivity contribution is 6.33. The van der Waals surface area contributed by atoms with Gasteiger partial charge in [0.05, 0.1) is 10.7 Å². The van der Waals surface area contributed by atoms with Crippen molar-refractivity contribution in [2.75, 3.05) is 11.9 Å². The lowest BCUT2D eigenvalue weighted by molar-refractivity contribution is 0.585. The summed E-state index contributed by atoms with van der Waals surface area (Å²) in [7, 11) is 0. The number of rotatable bonds is 4. The van der Waals surface area contributed by atoms with Gasteiger partial charge in [0.2, 0.25) is 0 Å². The average Bonchev–Trinajstić information content (AvgIpc) is 2.15. The quantitative estimate of drug-likeness (QED) is 0.773. The summed E-state index contributed by atoms with van der Waals surface area (Å²) in [6.45, 7) is 6.14. The fourth-order valence-corrected chi connectivity index (χ4v) is 1.31. The van der Waals surface area contributed by atoms with Gasteiger partial charge in [-0.15, -0.1) is 0 Å². The highest BCUT2D eigenvalue weighted by Crippen LogP contribution is 2.26. The van der Waals surface area contributed by atoms with Crippen LogP contribution in [0.1, 0.15) is 13.3 Å². The number of nitrogens with one attached hydrogen (secondary N) is 1. The van der Waals surface area contributed by atoms with Crippen molar-refractivity contribution < 1.29 is 8.78 Å². The van der Waals surface area contributed by atoms with Crippen LogP contribution in [-0.4, -0.2) is 6.54 Å². The van der Waals surface area contributed by atoms with Crippen LogP contribution in [0.5, 0.6) is 0 Å². The molecule has 0 bridgehead atoms. The van der Waals surface area contributed by atoms with Crippen LogP contribution in [0.4, 0.5) is 14.5 Å². The molecule has 0 fully saturated rings. The van der Waals surface area contributed by atoms with Gasteiger partial charge in [-0.05, 0) is 12.5 Å². The molecule has 1 nitrogen and oxygen atoms in total. The molecule has 0 unspecified atom stereocenters. The van der Waals surface area contributed by atoms with E-state index in [9.17, 15) is 8.78 Å². The molecule has 0 amide bonds. The van der Waals surface area contributed by atoms with Gasteiger partial charge >= 0.3 is 0 Å². The van der Waals surface area contributed by atoms with E-state index in [4.69, 9.17) is 11.6 Å². The van der Waals surface area contributed by atoms with Crippen LogP contribution in [0.25, 0.3) is 0 Å². The van der Waals surface area contributed by atoms with Gasteiger partial charge in [-0.1, -0.05) is 30.7 Å². The molecule has 0 aliphatic carbocycles. The lowest BCUT2D eigenvalue weighted by Gasteiger charge is -2.10. The Morgan fingerprint density at radius 3 is 2.67 bits per heavy atom. The van der Waals surface area contributed by atoms with E-state index >= 15 is 0 Å². The Labute approximate surface area is 92.8 Å². The zero-order valence-corrected chi connectivity index (χ0v) is 9.17. The molecular formula is C11H12ClF2N. The molecule has 82 valence electrons. The first-order chi connectivity index (χ1) is 7.04. The average molecular weight is 232 g/mol. The van der Waals surface area contributed by atoms with Crippen molar-refractivity contribution in [1.29, 1.82) is 0 Å². The molecular weight excluding hydrogens is 220 g/mol. The summed E-state index contributed by atoms with van der Waals surface area (Å²) in [5.74, 6) is -1.37. The normalized spacial score (nSPS) is 10.1. The number of hydrogen-bond donors (Lipinski definition) is 1. The van der Waals surface area contributed by atoms with Gasteiger partial charge in [0, 0.05) is 12.6 Å². The molecule has 0 aromatic heterocycles. The lowest BCUT2D eigenvalue weighted by Crippen LogP contribution is -2.06. The van der Waals surface area contributed by atoms with Gasteiger partial charge in [-0.25, -0.2) is 8.78 Å². The van der Waals surface area contributed by atoms with Crippen molar-refractivity contribution in [2.45, 2.75) is 13.3 Å². The maximum Gasteiger partial charge on any atom is 0.150 e. The molecule has 1 aromatic rings. The molecule has 0 spiro atoms. The van der Waals surface area contributed by atoms with E-state index in [1.54, 1.807) is 0 Å². The highest BCUT2D eigenvalue weighted by Gasteiger charge is 2.09. The van der Waals surface area contributed by atoms with E-state index in [-0.39, 0.29) is 10.7 Å². The minimum atomic E-state index is -0.691. The minimum absolute atomic E-state index is 0.0383. The number of benzene rings is 1. The first kappa shape index (κ1) is 12.0. The fourth-order valence-electron chi connectivity index (χ4n) is 1.05. The monoisotopic (exact) mass is 231 g/mol. The third-order valence-corrected chi connectivity index (χ3v) is 2.32. The summed E-state index contributed by atoms with van der Waals surface area (Å²) in [5, 5.41) is 2.82.